The maximum atomic E-state index is 11.6. The molecule has 1 saturated heterocycles. The zero-order valence-electron chi connectivity index (χ0n) is 13.4. The third-order valence-electron chi connectivity index (χ3n) is 3.42. The van der Waals surface area contributed by atoms with Crippen molar-refractivity contribution in [2.24, 2.45) is 10.9 Å². The van der Waals surface area contributed by atoms with Crippen LogP contribution in [0, 0.1) is 5.92 Å². The van der Waals surface area contributed by atoms with Crippen molar-refractivity contribution in [1.29, 1.82) is 0 Å². The first-order valence-electron chi connectivity index (χ1n) is 7.46. The first-order chi connectivity index (χ1) is 9.67. The fourth-order valence-electron chi connectivity index (χ4n) is 2.14. The van der Waals surface area contributed by atoms with E-state index in [2.05, 4.69) is 27.4 Å². The summed E-state index contributed by atoms with van der Waals surface area (Å²) in [7, 11) is 1.62. The number of hydrogen-bond acceptors (Lipinski definition) is 3. The number of nitrogens with zero attached hydrogens (tertiary/aromatic N) is 2. The van der Waals surface area contributed by atoms with Gasteiger partial charge in [-0.25, -0.2) is 4.99 Å². The van der Waals surface area contributed by atoms with Crippen molar-refractivity contribution < 1.29 is 9.53 Å². The number of methoxy groups -OCH3 is 1. The van der Waals surface area contributed by atoms with E-state index < -0.39 is 0 Å². The van der Waals surface area contributed by atoms with Gasteiger partial charge in [0.2, 0.25) is 5.91 Å². The van der Waals surface area contributed by atoms with Gasteiger partial charge in [-0.1, -0.05) is 6.92 Å². The predicted octanol–water partition coefficient (Wildman–Crippen LogP) is 1.06. The van der Waals surface area contributed by atoms with E-state index in [-0.39, 0.29) is 36.4 Å². The number of aliphatic imine (C=N–C) groups is 1. The molecule has 0 aromatic rings. The first-order valence-corrected chi connectivity index (χ1v) is 7.46. The van der Waals surface area contributed by atoms with Crippen molar-refractivity contribution in [1.82, 2.24) is 15.5 Å². The van der Waals surface area contributed by atoms with Crippen molar-refractivity contribution in [2.45, 2.75) is 26.7 Å². The molecule has 2 N–H and O–H groups in total. The van der Waals surface area contributed by atoms with E-state index in [0.717, 1.165) is 31.5 Å². The smallest absolute Gasteiger partial charge is 0.241 e. The van der Waals surface area contributed by atoms with Crippen LogP contribution < -0.4 is 10.6 Å². The molecular formula is C14H29IN4O2. The number of carbonyl (C=O) groups is 1. The van der Waals surface area contributed by atoms with Crippen molar-refractivity contribution in [2.75, 3.05) is 46.4 Å². The molecule has 0 radical (unpaired) electrons. The fraction of sp³-hybridized carbons (Fsp3) is 0.857. The van der Waals surface area contributed by atoms with Crippen LogP contribution in [0.1, 0.15) is 26.7 Å². The molecule has 0 atom stereocenters. The molecule has 0 unspecified atom stereocenters. The minimum Gasteiger partial charge on any atom is -0.383 e. The molecule has 0 bridgehead atoms. The van der Waals surface area contributed by atoms with Gasteiger partial charge in [-0.3, -0.25) is 4.79 Å². The first kappa shape index (κ1) is 20.4. The van der Waals surface area contributed by atoms with Crippen molar-refractivity contribution in [3.63, 3.8) is 0 Å². The third-order valence-corrected chi connectivity index (χ3v) is 3.42. The van der Waals surface area contributed by atoms with Crippen LogP contribution in [-0.4, -0.2) is 63.2 Å². The molecule has 1 amide bonds. The molecule has 0 aromatic heterocycles. The average Bonchev–Trinajstić information content (AvgIpc) is 2.45. The van der Waals surface area contributed by atoms with Gasteiger partial charge in [0.05, 0.1) is 6.61 Å². The zero-order valence-corrected chi connectivity index (χ0v) is 15.7. The Morgan fingerprint density at radius 2 is 2.00 bits per heavy atom. The molecule has 0 aliphatic carbocycles. The monoisotopic (exact) mass is 412 g/mol. The average molecular weight is 412 g/mol. The Balaban J connectivity index is 0.00000400. The van der Waals surface area contributed by atoms with Gasteiger partial charge >= 0.3 is 0 Å². The molecule has 0 aromatic carbocycles. The Kier molecular flexibility index (Phi) is 11.7. The number of nitrogens with one attached hydrogen (secondary N) is 2. The fourth-order valence-corrected chi connectivity index (χ4v) is 2.14. The lowest BCUT2D eigenvalue weighted by atomic mass is 10.00. The van der Waals surface area contributed by atoms with Crippen LogP contribution in [0.2, 0.25) is 0 Å². The topological polar surface area (TPSA) is 66.0 Å². The summed E-state index contributed by atoms with van der Waals surface area (Å²) in [6.45, 7) is 8.39. The summed E-state index contributed by atoms with van der Waals surface area (Å²) in [5, 5.41) is 6.03. The second-order valence-electron chi connectivity index (χ2n) is 5.18. The summed E-state index contributed by atoms with van der Waals surface area (Å²) in [5.41, 5.74) is 0. The molecule has 7 heteroatoms. The molecule has 124 valence electrons. The highest BCUT2D eigenvalue weighted by molar-refractivity contribution is 14.0. The van der Waals surface area contributed by atoms with Gasteiger partial charge in [-0.15, -0.1) is 24.0 Å². The number of likely N-dealkylation sites (tertiary alicyclic amines) is 1. The van der Waals surface area contributed by atoms with Crippen molar-refractivity contribution in [3.8, 4) is 0 Å². The molecular weight excluding hydrogens is 383 g/mol. The molecule has 0 saturated carbocycles. The van der Waals surface area contributed by atoms with Crippen LogP contribution in [0.3, 0.4) is 0 Å². The SMILES string of the molecule is CCNC(=NCC(=O)NCCOC)N1CCC(C)CC1.I. The van der Waals surface area contributed by atoms with Crippen LogP contribution >= 0.6 is 24.0 Å². The molecule has 0 spiro atoms. The Morgan fingerprint density at radius 3 is 2.57 bits per heavy atom. The van der Waals surface area contributed by atoms with Gasteiger partial charge in [0, 0.05) is 33.3 Å². The molecule has 6 nitrogen and oxygen atoms in total. The Hall–Kier alpha value is -0.570. The normalized spacial score (nSPS) is 16.3. The van der Waals surface area contributed by atoms with Crippen LogP contribution in [0.25, 0.3) is 0 Å². The number of piperidine rings is 1. The quantitative estimate of drug-likeness (QED) is 0.297. The van der Waals surface area contributed by atoms with Crippen LogP contribution in [0.4, 0.5) is 0 Å². The van der Waals surface area contributed by atoms with E-state index in [1.54, 1.807) is 7.11 Å². The molecule has 1 aliphatic rings. The highest BCUT2D eigenvalue weighted by Gasteiger charge is 2.18. The summed E-state index contributed by atoms with van der Waals surface area (Å²) in [5.74, 6) is 1.57. The maximum absolute atomic E-state index is 11.6. The lowest BCUT2D eigenvalue weighted by molar-refractivity contribution is -0.119. The van der Waals surface area contributed by atoms with E-state index in [1.165, 1.54) is 12.8 Å². The minimum atomic E-state index is -0.0668. The van der Waals surface area contributed by atoms with Crippen LogP contribution in [0.5, 0.6) is 0 Å². The van der Waals surface area contributed by atoms with Gasteiger partial charge in [-0.05, 0) is 25.7 Å². The predicted molar refractivity (Wildman–Crippen MR) is 96.3 cm³/mol. The van der Waals surface area contributed by atoms with Crippen LogP contribution in [-0.2, 0) is 9.53 Å². The number of rotatable bonds is 6. The summed E-state index contributed by atoms with van der Waals surface area (Å²) >= 11 is 0. The molecule has 1 aliphatic heterocycles. The van der Waals surface area contributed by atoms with E-state index >= 15 is 0 Å². The van der Waals surface area contributed by atoms with E-state index in [4.69, 9.17) is 4.74 Å². The Bertz CT molecular complexity index is 318. The molecule has 21 heavy (non-hydrogen) atoms. The van der Waals surface area contributed by atoms with Gasteiger partial charge in [0.25, 0.3) is 0 Å². The van der Waals surface area contributed by atoms with Crippen molar-refractivity contribution >= 4 is 35.8 Å². The van der Waals surface area contributed by atoms with Gasteiger partial charge in [-0.2, -0.15) is 0 Å². The third kappa shape index (κ3) is 8.45. The lowest BCUT2D eigenvalue weighted by Crippen LogP contribution is -2.46. The largest absolute Gasteiger partial charge is 0.383 e. The molecule has 1 fully saturated rings. The second kappa shape index (κ2) is 12.0. The standard InChI is InChI=1S/C14H28N4O2.HI/c1-4-15-14(18-8-5-12(2)6-9-18)17-11-13(19)16-7-10-20-3;/h12H,4-11H2,1-3H3,(H,15,17)(H,16,19);1H. The maximum Gasteiger partial charge on any atom is 0.241 e. The highest BCUT2D eigenvalue weighted by Crippen LogP contribution is 2.15. The number of amides is 1. The van der Waals surface area contributed by atoms with Crippen molar-refractivity contribution in [3.05, 3.63) is 0 Å². The van der Waals surface area contributed by atoms with E-state index in [9.17, 15) is 4.79 Å². The Morgan fingerprint density at radius 1 is 1.33 bits per heavy atom. The summed E-state index contributed by atoms with van der Waals surface area (Å²) in [6, 6.07) is 0. The van der Waals surface area contributed by atoms with Gasteiger partial charge in [0.1, 0.15) is 6.54 Å². The van der Waals surface area contributed by atoms with E-state index in [0.29, 0.717) is 13.2 Å². The van der Waals surface area contributed by atoms with Gasteiger partial charge < -0.3 is 20.3 Å². The van der Waals surface area contributed by atoms with Gasteiger partial charge in [0.15, 0.2) is 5.96 Å². The minimum absolute atomic E-state index is 0. The number of hydrogen-bond donors (Lipinski definition) is 2. The summed E-state index contributed by atoms with van der Waals surface area (Å²) in [4.78, 5) is 18.3. The summed E-state index contributed by atoms with van der Waals surface area (Å²) < 4.78 is 4.89. The number of ether oxygens (including phenoxy) is 1. The second-order valence-corrected chi connectivity index (χ2v) is 5.18. The lowest BCUT2D eigenvalue weighted by Gasteiger charge is -2.32. The number of guanidine groups is 1. The molecule has 1 rings (SSSR count). The number of halogens is 1. The number of carbonyl (C=O) groups excluding carboxylic acids is 1. The Labute approximate surface area is 145 Å². The summed E-state index contributed by atoms with van der Waals surface area (Å²) in [6.07, 6.45) is 2.37. The van der Waals surface area contributed by atoms with E-state index in [1.807, 2.05) is 6.92 Å². The molecule has 1 heterocycles. The zero-order chi connectivity index (χ0) is 14.8. The highest BCUT2D eigenvalue weighted by atomic mass is 127. The van der Waals surface area contributed by atoms with Crippen LogP contribution in [0.15, 0.2) is 4.99 Å².